The SMILES string of the molecule is O=C(O)c1c(F)cc(CN2CCNCC2)c(F)c1F. The summed E-state index contributed by atoms with van der Waals surface area (Å²) < 4.78 is 40.7. The van der Waals surface area contributed by atoms with Crippen molar-refractivity contribution in [3.63, 3.8) is 0 Å². The van der Waals surface area contributed by atoms with Crippen LogP contribution in [0.2, 0.25) is 0 Å². The summed E-state index contributed by atoms with van der Waals surface area (Å²) in [6.45, 7) is 2.79. The minimum Gasteiger partial charge on any atom is -0.477 e. The fraction of sp³-hybridized carbons (Fsp3) is 0.417. The molecular weight excluding hydrogens is 261 g/mol. The van der Waals surface area contributed by atoms with Gasteiger partial charge in [0.15, 0.2) is 11.6 Å². The highest BCUT2D eigenvalue weighted by Gasteiger charge is 2.24. The summed E-state index contributed by atoms with van der Waals surface area (Å²) in [4.78, 5) is 12.5. The topological polar surface area (TPSA) is 52.6 Å². The Morgan fingerprint density at radius 2 is 1.89 bits per heavy atom. The fourth-order valence-electron chi connectivity index (χ4n) is 2.07. The van der Waals surface area contributed by atoms with Crippen LogP contribution in [-0.2, 0) is 6.54 Å². The fourth-order valence-corrected chi connectivity index (χ4v) is 2.07. The van der Waals surface area contributed by atoms with Gasteiger partial charge in [0.1, 0.15) is 11.4 Å². The normalized spacial score (nSPS) is 16.6. The van der Waals surface area contributed by atoms with Gasteiger partial charge < -0.3 is 10.4 Å². The van der Waals surface area contributed by atoms with Gasteiger partial charge in [-0.15, -0.1) is 0 Å². The molecule has 1 saturated heterocycles. The van der Waals surface area contributed by atoms with Gasteiger partial charge in [0, 0.05) is 38.3 Å². The molecule has 1 aromatic carbocycles. The lowest BCUT2D eigenvalue weighted by Gasteiger charge is -2.27. The zero-order valence-corrected chi connectivity index (χ0v) is 10.0. The molecule has 4 nitrogen and oxygen atoms in total. The Bertz CT molecular complexity index is 502. The molecule has 0 spiro atoms. The van der Waals surface area contributed by atoms with Crippen LogP contribution in [0, 0.1) is 17.5 Å². The highest BCUT2D eigenvalue weighted by atomic mass is 19.2. The second-order valence-corrected chi connectivity index (χ2v) is 4.35. The summed E-state index contributed by atoms with van der Waals surface area (Å²) in [5.74, 6) is -6.01. The minimum atomic E-state index is -1.82. The molecule has 0 bridgehead atoms. The molecule has 0 aliphatic carbocycles. The second kappa shape index (κ2) is 5.58. The van der Waals surface area contributed by atoms with Crippen molar-refractivity contribution in [1.82, 2.24) is 10.2 Å². The van der Waals surface area contributed by atoms with Crippen molar-refractivity contribution >= 4 is 5.97 Å². The van der Waals surface area contributed by atoms with Crippen LogP contribution in [0.5, 0.6) is 0 Å². The Kier molecular flexibility index (Phi) is 4.06. The number of benzene rings is 1. The maximum absolute atomic E-state index is 13.7. The summed E-state index contributed by atoms with van der Waals surface area (Å²) in [7, 11) is 0. The zero-order valence-electron chi connectivity index (χ0n) is 10.0. The smallest absolute Gasteiger partial charge is 0.341 e. The molecule has 2 rings (SSSR count). The predicted octanol–water partition coefficient (Wildman–Crippen LogP) is 1.21. The number of carboxylic acids is 1. The van der Waals surface area contributed by atoms with Crippen molar-refractivity contribution in [2.45, 2.75) is 6.54 Å². The molecule has 0 amide bonds. The standard InChI is InChI=1S/C12H13F3N2O2/c13-8-5-7(6-17-3-1-16-2-4-17)10(14)11(15)9(8)12(18)19/h5,16H,1-4,6H2,(H,18,19). The van der Waals surface area contributed by atoms with Gasteiger partial charge in [-0.1, -0.05) is 0 Å². The number of nitrogens with one attached hydrogen (secondary N) is 1. The Morgan fingerprint density at radius 1 is 1.26 bits per heavy atom. The Balaban J connectivity index is 2.29. The summed E-state index contributed by atoms with van der Waals surface area (Å²) in [6.07, 6.45) is 0. The van der Waals surface area contributed by atoms with Crippen LogP contribution in [0.25, 0.3) is 0 Å². The number of aromatic carboxylic acids is 1. The first-order valence-electron chi connectivity index (χ1n) is 5.83. The third kappa shape index (κ3) is 2.87. The lowest BCUT2D eigenvalue weighted by Crippen LogP contribution is -2.43. The van der Waals surface area contributed by atoms with Gasteiger partial charge in [0.25, 0.3) is 0 Å². The van der Waals surface area contributed by atoms with E-state index < -0.39 is 29.0 Å². The Morgan fingerprint density at radius 3 is 2.47 bits per heavy atom. The Labute approximate surface area is 107 Å². The number of carbonyl (C=O) groups is 1. The van der Waals surface area contributed by atoms with Crippen LogP contribution in [0.1, 0.15) is 15.9 Å². The van der Waals surface area contributed by atoms with Crippen molar-refractivity contribution in [3.05, 3.63) is 34.6 Å². The van der Waals surface area contributed by atoms with Gasteiger partial charge in [0.2, 0.25) is 0 Å². The molecule has 1 aliphatic rings. The number of nitrogens with zero attached hydrogens (tertiary/aromatic N) is 1. The summed E-state index contributed by atoms with van der Waals surface area (Å²) >= 11 is 0. The first kappa shape index (κ1) is 13.8. The molecule has 1 heterocycles. The van der Waals surface area contributed by atoms with Gasteiger partial charge in [-0.2, -0.15) is 0 Å². The van der Waals surface area contributed by atoms with Crippen LogP contribution in [0.3, 0.4) is 0 Å². The maximum atomic E-state index is 13.7. The number of halogens is 3. The number of rotatable bonds is 3. The van der Waals surface area contributed by atoms with Crippen LogP contribution in [-0.4, -0.2) is 42.2 Å². The first-order valence-corrected chi connectivity index (χ1v) is 5.83. The minimum absolute atomic E-state index is 0.0568. The van der Waals surface area contributed by atoms with Crippen LogP contribution >= 0.6 is 0 Å². The molecule has 104 valence electrons. The van der Waals surface area contributed by atoms with E-state index in [1.165, 1.54) is 0 Å². The van der Waals surface area contributed by atoms with Crippen LogP contribution in [0.4, 0.5) is 13.2 Å². The highest BCUT2D eigenvalue weighted by molar-refractivity contribution is 5.88. The quantitative estimate of drug-likeness (QED) is 0.813. The third-order valence-electron chi connectivity index (χ3n) is 3.05. The summed E-state index contributed by atoms with van der Waals surface area (Å²) in [6, 6.07) is 0.754. The number of hydrogen-bond donors (Lipinski definition) is 2. The van der Waals surface area contributed by atoms with E-state index >= 15 is 0 Å². The van der Waals surface area contributed by atoms with E-state index in [0.717, 1.165) is 19.2 Å². The highest BCUT2D eigenvalue weighted by Crippen LogP contribution is 2.21. The number of carboxylic acid groups (broad SMARTS) is 1. The molecule has 2 N–H and O–H groups in total. The molecule has 0 radical (unpaired) electrons. The van der Waals surface area contributed by atoms with Gasteiger partial charge >= 0.3 is 5.97 Å². The average molecular weight is 274 g/mol. The maximum Gasteiger partial charge on any atom is 0.341 e. The lowest BCUT2D eigenvalue weighted by atomic mass is 10.1. The van der Waals surface area contributed by atoms with E-state index in [-0.39, 0.29) is 12.1 Å². The van der Waals surface area contributed by atoms with Crippen molar-refractivity contribution in [3.8, 4) is 0 Å². The van der Waals surface area contributed by atoms with Crippen LogP contribution < -0.4 is 5.32 Å². The van der Waals surface area contributed by atoms with Gasteiger partial charge in [-0.3, -0.25) is 4.90 Å². The Hall–Kier alpha value is -1.60. The van der Waals surface area contributed by atoms with E-state index in [2.05, 4.69) is 5.32 Å². The molecule has 0 saturated carbocycles. The molecule has 0 unspecified atom stereocenters. The van der Waals surface area contributed by atoms with Gasteiger partial charge in [0.05, 0.1) is 0 Å². The molecular formula is C12H13F3N2O2. The molecule has 0 atom stereocenters. The molecule has 0 aromatic heterocycles. The third-order valence-corrected chi connectivity index (χ3v) is 3.05. The summed E-state index contributed by atoms with van der Waals surface area (Å²) in [5.41, 5.74) is -1.41. The van der Waals surface area contributed by atoms with Crippen molar-refractivity contribution in [2.75, 3.05) is 26.2 Å². The predicted molar refractivity (Wildman–Crippen MR) is 61.4 cm³/mol. The second-order valence-electron chi connectivity index (χ2n) is 4.35. The molecule has 19 heavy (non-hydrogen) atoms. The largest absolute Gasteiger partial charge is 0.477 e. The van der Waals surface area contributed by atoms with Crippen molar-refractivity contribution in [1.29, 1.82) is 0 Å². The summed E-state index contributed by atoms with van der Waals surface area (Å²) in [5, 5.41) is 11.7. The van der Waals surface area contributed by atoms with Crippen LogP contribution in [0.15, 0.2) is 6.07 Å². The van der Waals surface area contributed by atoms with Gasteiger partial charge in [-0.05, 0) is 6.07 Å². The zero-order chi connectivity index (χ0) is 14.0. The van der Waals surface area contributed by atoms with E-state index in [1.807, 2.05) is 4.90 Å². The first-order chi connectivity index (χ1) is 9.00. The number of hydrogen-bond acceptors (Lipinski definition) is 3. The monoisotopic (exact) mass is 274 g/mol. The lowest BCUT2D eigenvalue weighted by molar-refractivity contribution is 0.0685. The van der Waals surface area contributed by atoms with Gasteiger partial charge in [-0.25, -0.2) is 18.0 Å². The van der Waals surface area contributed by atoms with Crippen molar-refractivity contribution in [2.24, 2.45) is 0 Å². The van der Waals surface area contributed by atoms with Crippen molar-refractivity contribution < 1.29 is 23.1 Å². The van der Waals surface area contributed by atoms with E-state index in [9.17, 15) is 18.0 Å². The average Bonchev–Trinajstić information content (AvgIpc) is 2.36. The molecule has 1 aromatic rings. The molecule has 1 fully saturated rings. The van der Waals surface area contributed by atoms with E-state index in [0.29, 0.717) is 13.1 Å². The molecule has 7 heteroatoms. The number of piperazine rings is 1. The van der Waals surface area contributed by atoms with E-state index in [1.54, 1.807) is 0 Å². The molecule has 1 aliphatic heterocycles. The van der Waals surface area contributed by atoms with E-state index in [4.69, 9.17) is 5.11 Å².